The summed E-state index contributed by atoms with van der Waals surface area (Å²) in [6.07, 6.45) is 0.155. The zero-order valence-electron chi connectivity index (χ0n) is 5.05. The molecule has 1 fully saturated rings. The third kappa shape index (κ3) is 1.99. The molecule has 0 aromatic carbocycles. The van der Waals surface area contributed by atoms with E-state index >= 15 is 0 Å². The first-order chi connectivity index (χ1) is 4.29. The van der Waals surface area contributed by atoms with Crippen LogP contribution >= 0.6 is 0 Å². The summed E-state index contributed by atoms with van der Waals surface area (Å²) in [5, 5.41) is 14.3. The molecule has 1 heterocycles. The second-order valence-electron chi connectivity index (χ2n) is 2.06. The Kier molecular flexibility index (Phi) is 2.02. The molecule has 0 spiro atoms. The van der Waals surface area contributed by atoms with Crippen LogP contribution in [0.5, 0.6) is 0 Å². The highest BCUT2D eigenvalue weighted by molar-refractivity contribution is 5.67. The molecular formula is C5H10N2O2. The summed E-state index contributed by atoms with van der Waals surface area (Å²) in [7, 11) is 0. The summed E-state index contributed by atoms with van der Waals surface area (Å²) in [6.45, 7) is 1.75. The van der Waals surface area contributed by atoms with Crippen LogP contribution in [0.2, 0.25) is 0 Å². The van der Waals surface area contributed by atoms with E-state index in [0.29, 0.717) is 0 Å². The van der Waals surface area contributed by atoms with Crippen molar-refractivity contribution in [2.24, 2.45) is 0 Å². The van der Waals surface area contributed by atoms with Crippen LogP contribution in [-0.4, -0.2) is 30.3 Å². The molecule has 9 heavy (non-hydrogen) atoms. The van der Waals surface area contributed by atoms with Crippen molar-refractivity contribution in [1.82, 2.24) is 10.6 Å². The van der Waals surface area contributed by atoms with Crippen molar-refractivity contribution in [3.8, 4) is 0 Å². The second-order valence-corrected chi connectivity index (χ2v) is 2.06. The summed E-state index contributed by atoms with van der Waals surface area (Å²) >= 11 is 0. The molecule has 0 bridgehead atoms. The lowest BCUT2D eigenvalue weighted by molar-refractivity contribution is -0.137. The van der Waals surface area contributed by atoms with E-state index in [1.807, 2.05) is 0 Å². The zero-order chi connectivity index (χ0) is 6.69. The average molecular weight is 130 g/mol. The van der Waals surface area contributed by atoms with E-state index in [1.54, 1.807) is 0 Å². The largest absolute Gasteiger partial charge is 0.481 e. The summed E-state index contributed by atoms with van der Waals surface area (Å²) in [5.41, 5.74) is 0. The Balaban J connectivity index is 2.19. The molecular weight excluding hydrogens is 120 g/mol. The maximum absolute atomic E-state index is 10.1. The van der Waals surface area contributed by atoms with Crippen LogP contribution < -0.4 is 10.6 Å². The number of hydrogen-bond donors (Lipinski definition) is 3. The van der Waals surface area contributed by atoms with E-state index in [0.717, 1.165) is 13.1 Å². The minimum absolute atomic E-state index is 0.0116. The molecule has 0 unspecified atom stereocenters. The fourth-order valence-corrected chi connectivity index (χ4v) is 0.884. The Morgan fingerprint density at radius 1 is 1.56 bits per heavy atom. The van der Waals surface area contributed by atoms with Gasteiger partial charge in [0.05, 0.1) is 12.6 Å². The van der Waals surface area contributed by atoms with Crippen LogP contribution in [0.4, 0.5) is 0 Å². The Labute approximate surface area is 53.2 Å². The predicted molar refractivity (Wildman–Crippen MR) is 32.0 cm³/mol. The molecule has 1 aliphatic rings. The minimum Gasteiger partial charge on any atom is -0.481 e. The highest BCUT2D eigenvalue weighted by atomic mass is 16.4. The summed E-state index contributed by atoms with van der Waals surface area (Å²) in [5.74, 6) is -0.762. The molecule has 3 N–H and O–H groups in total. The number of carbonyl (C=O) groups is 1. The average Bonchev–Trinajstić information content (AvgIpc) is 2.15. The summed E-state index contributed by atoms with van der Waals surface area (Å²) in [4.78, 5) is 10.1. The van der Waals surface area contributed by atoms with Gasteiger partial charge in [-0.2, -0.15) is 0 Å². The number of aliphatic carboxylic acids is 1. The van der Waals surface area contributed by atoms with Crippen molar-refractivity contribution in [1.29, 1.82) is 0 Å². The van der Waals surface area contributed by atoms with Gasteiger partial charge in [0.1, 0.15) is 0 Å². The first kappa shape index (κ1) is 6.51. The van der Waals surface area contributed by atoms with Crippen molar-refractivity contribution in [3.63, 3.8) is 0 Å². The molecule has 0 radical (unpaired) electrons. The summed E-state index contributed by atoms with van der Waals surface area (Å²) in [6, 6.07) is 0. The lowest BCUT2D eigenvalue weighted by atomic mass is 10.3. The van der Waals surface area contributed by atoms with Gasteiger partial charge in [-0.15, -0.1) is 0 Å². The Morgan fingerprint density at radius 3 is 2.56 bits per heavy atom. The van der Waals surface area contributed by atoms with Crippen LogP contribution in [0.3, 0.4) is 0 Å². The van der Waals surface area contributed by atoms with Crippen LogP contribution in [0, 0.1) is 0 Å². The standard InChI is InChI=1S/C5H10N2O2/c8-5(9)3-4-6-1-2-7-4/h4,6-7H,1-3H2,(H,8,9). The molecule has 1 saturated heterocycles. The van der Waals surface area contributed by atoms with E-state index in [2.05, 4.69) is 10.6 Å². The number of nitrogens with one attached hydrogen (secondary N) is 2. The lowest BCUT2D eigenvalue weighted by Crippen LogP contribution is -2.33. The van der Waals surface area contributed by atoms with Crippen LogP contribution in [0.25, 0.3) is 0 Å². The highest BCUT2D eigenvalue weighted by Gasteiger charge is 2.15. The Morgan fingerprint density at radius 2 is 2.11 bits per heavy atom. The zero-order valence-corrected chi connectivity index (χ0v) is 5.05. The third-order valence-electron chi connectivity index (χ3n) is 1.29. The monoisotopic (exact) mass is 130 g/mol. The maximum Gasteiger partial charge on any atom is 0.306 e. The third-order valence-corrected chi connectivity index (χ3v) is 1.29. The molecule has 0 aliphatic carbocycles. The van der Waals surface area contributed by atoms with E-state index < -0.39 is 5.97 Å². The lowest BCUT2D eigenvalue weighted by Gasteiger charge is -2.04. The van der Waals surface area contributed by atoms with Crippen LogP contribution in [-0.2, 0) is 4.79 Å². The molecule has 0 aromatic rings. The fourth-order valence-electron chi connectivity index (χ4n) is 0.884. The van der Waals surface area contributed by atoms with Crippen molar-refractivity contribution in [3.05, 3.63) is 0 Å². The highest BCUT2D eigenvalue weighted by Crippen LogP contribution is 1.90. The van der Waals surface area contributed by atoms with Crippen molar-refractivity contribution < 1.29 is 9.90 Å². The van der Waals surface area contributed by atoms with Gasteiger partial charge in [0.2, 0.25) is 0 Å². The van der Waals surface area contributed by atoms with Gasteiger partial charge in [-0.25, -0.2) is 0 Å². The van der Waals surface area contributed by atoms with Gasteiger partial charge >= 0.3 is 5.97 Å². The van der Waals surface area contributed by atoms with Gasteiger partial charge < -0.3 is 15.7 Å². The quantitative estimate of drug-likeness (QED) is 0.448. The predicted octanol–water partition coefficient (Wildman–Crippen LogP) is -1.02. The number of carboxylic acids is 1. The van der Waals surface area contributed by atoms with Crippen molar-refractivity contribution in [2.45, 2.75) is 12.6 Å². The smallest absolute Gasteiger partial charge is 0.306 e. The molecule has 0 aromatic heterocycles. The first-order valence-electron chi connectivity index (χ1n) is 2.97. The molecule has 0 saturated carbocycles. The second kappa shape index (κ2) is 2.80. The van der Waals surface area contributed by atoms with Gasteiger partial charge in [0, 0.05) is 13.1 Å². The van der Waals surface area contributed by atoms with Crippen molar-refractivity contribution >= 4 is 5.97 Å². The Hall–Kier alpha value is -0.610. The van der Waals surface area contributed by atoms with Gasteiger partial charge in [0.25, 0.3) is 0 Å². The summed E-state index contributed by atoms with van der Waals surface area (Å²) < 4.78 is 0. The molecule has 4 heteroatoms. The van der Waals surface area contributed by atoms with E-state index in [1.165, 1.54) is 0 Å². The molecule has 4 nitrogen and oxygen atoms in total. The Bertz CT molecular complexity index is 110. The maximum atomic E-state index is 10.1. The van der Waals surface area contributed by atoms with Gasteiger partial charge in [0.15, 0.2) is 0 Å². The number of hydrogen-bond acceptors (Lipinski definition) is 3. The normalized spacial score (nSPS) is 20.4. The van der Waals surface area contributed by atoms with Crippen molar-refractivity contribution in [2.75, 3.05) is 13.1 Å². The number of rotatable bonds is 2. The van der Waals surface area contributed by atoms with Gasteiger partial charge in [-0.05, 0) is 0 Å². The van der Waals surface area contributed by atoms with E-state index in [9.17, 15) is 4.79 Å². The van der Waals surface area contributed by atoms with Crippen LogP contribution in [0.15, 0.2) is 0 Å². The molecule has 1 rings (SSSR count). The molecule has 0 atom stereocenters. The van der Waals surface area contributed by atoms with Gasteiger partial charge in [-0.3, -0.25) is 4.79 Å². The van der Waals surface area contributed by atoms with Gasteiger partial charge in [-0.1, -0.05) is 0 Å². The first-order valence-corrected chi connectivity index (χ1v) is 2.97. The minimum atomic E-state index is -0.762. The fraction of sp³-hybridized carbons (Fsp3) is 0.800. The van der Waals surface area contributed by atoms with Crippen LogP contribution in [0.1, 0.15) is 6.42 Å². The number of carboxylic acid groups (broad SMARTS) is 1. The van der Waals surface area contributed by atoms with E-state index in [-0.39, 0.29) is 12.6 Å². The molecule has 1 aliphatic heterocycles. The molecule has 52 valence electrons. The topological polar surface area (TPSA) is 61.4 Å². The molecule has 0 amide bonds. The van der Waals surface area contributed by atoms with E-state index in [4.69, 9.17) is 5.11 Å². The SMILES string of the molecule is O=C(O)CC1NCCN1.